The zero-order valence-electron chi connectivity index (χ0n) is 14.5. The minimum atomic E-state index is -0.351. The van der Waals surface area contributed by atoms with Gasteiger partial charge in [0, 0.05) is 25.4 Å². The smallest absolute Gasteiger partial charge is 0.230 e. The van der Waals surface area contributed by atoms with E-state index in [1.54, 1.807) is 0 Å². The van der Waals surface area contributed by atoms with Crippen LogP contribution in [-0.4, -0.2) is 38.4 Å². The van der Waals surface area contributed by atoms with Gasteiger partial charge in [-0.2, -0.15) is 0 Å². The SMILES string of the molecule is CCn1c(CCC(N)=O)nnc1SCC(=O)N[C@@H]1CCCC[C@H]1C. The lowest BCUT2D eigenvalue weighted by molar-refractivity contribution is -0.120. The molecule has 0 bridgehead atoms. The number of nitrogens with two attached hydrogens (primary N) is 1. The van der Waals surface area contributed by atoms with Crippen LogP contribution in [0.5, 0.6) is 0 Å². The molecule has 7 nitrogen and oxygen atoms in total. The average Bonchev–Trinajstić information content (AvgIpc) is 2.95. The molecule has 0 aromatic carbocycles. The van der Waals surface area contributed by atoms with Crippen LogP contribution in [0.15, 0.2) is 5.16 Å². The maximum Gasteiger partial charge on any atom is 0.230 e. The zero-order valence-corrected chi connectivity index (χ0v) is 15.3. The average molecular weight is 353 g/mol. The van der Waals surface area contributed by atoms with Crippen molar-refractivity contribution < 1.29 is 9.59 Å². The van der Waals surface area contributed by atoms with E-state index in [1.165, 1.54) is 31.0 Å². The van der Waals surface area contributed by atoms with Gasteiger partial charge < -0.3 is 15.6 Å². The Hall–Kier alpha value is -1.57. The molecule has 0 radical (unpaired) electrons. The van der Waals surface area contributed by atoms with Gasteiger partial charge in [-0.25, -0.2) is 0 Å². The van der Waals surface area contributed by atoms with Crippen molar-refractivity contribution in [1.82, 2.24) is 20.1 Å². The number of rotatable bonds is 8. The van der Waals surface area contributed by atoms with Crippen molar-refractivity contribution in [3.8, 4) is 0 Å². The molecule has 8 heteroatoms. The first-order valence-electron chi connectivity index (χ1n) is 8.63. The number of nitrogens with one attached hydrogen (secondary N) is 1. The summed E-state index contributed by atoms with van der Waals surface area (Å²) in [5.41, 5.74) is 5.18. The molecule has 1 fully saturated rings. The van der Waals surface area contributed by atoms with Gasteiger partial charge in [0.2, 0.25) is 11.8 Å². The molecule has 1 aromatic heterocycles. The summed E-state index contributed by atoms with van der Waals surface area (Å²) in [5, 5.41) is 12.1. The van der Waals surface area contributed by atoms with Crippen LogP contribution in [0.3, 0.4) is 0 Å². The molecule has 2 rings (SSSR count). The molecule has 24 heavy (non-hydrogen) atoms. The lowest BCUT2D eigenvalue weighted by atomic mass is 9.86. The second-order valence-corrected chi connectivity index (χ2v) is 7.28. The lowest BCUT2D eigenvalue weighted by Crippen LogP contribution is -2.41. The molecule has 1 aliphatic carbocycles. The number of hydrogen-bond donors (Lipinski definition) is 2. The quantitative estimate of drug-likeness (QED) is 0.690. The molecule has 1 saturated carbocycles. The minimum absolute atomic E-state index is 0.0445. The zero-order chi connectivity index (χ0) is 17.5. The summed E-state index contributed by atoms with van der Waals surface area (Å²) < 4.78 is 1.93. The van der Waals surface area contributed by atoms with Gasteiger partial charge in [0.1, 0.15) is 5.82 Å². The Bertz CT molecular complexity index is 575. The van der Waals surface area contributed by atoms with Crippen LogP contribution in [0.4, 0.5) is 0 Å². The standard InChI is InChI=1S/C16H27N5O2S/c1-3-21-14(9-8-13(17)22)19-20-16(21)24-10-15(23)18-12-7-5-4-6-11(12)2/h11-12H,3-10H2,1-2H3,(H2,17,22)(H,18,23)/t11-,12-/m1/s1. The molecule has 1 aromatic rings. The fourth-order valence-corrected chi connectivity index (χ4v) is 3.91. The third-order valence-corrected chi connectivity index (χ3v) is 5.46. The predicted molar refractivity (Wildman–Crippen MR) is 93.5 cm³/mol. The van der Waals surface area contributed by atoms with Crippen molar-refractivity contribution in [1.29, 1.82) is 0 Å². The highest BCUT2D eigenvalue weighted by Crippen LogP contribution is 2.24. The van der Waals surface area contributed by atoms with Crippen LogP contribution in [0.2, 0.25) is 0 Å². The molecule has 0 spiro atoms. The van der Waals surface area contributed by atoms with Crippen LogP contribution < -0.4 is 11.1 Å². The fraction of sp³-hybridized carbons (Fsp3) is 0.750. The highest BCUT2D eigenvalue weighted by Gasteiger charge is 2.23. The summed E-state index contributed by atoms with van der Waals surface area (Å²) in [4.78, 5) is 23.1. The Kier molecular flexibility index (Phi) is 7.08. The van der Waals surface area contributed by atoms with Gasteiger partial charge in [-0.1, -0.05) is 31.5 Å². The lowest BCUT2D eigenvalue weighted by Gasteiger charge is -2.29. The summed E-state index contributed by atoms with van der Waals surface area (Å²) in [6.45, 7) is 4.89. The Morgan fingerprint density at radius 1 is 1.33 bits per heavy atom. The van der Waals surface area contributed by atoms with Crippen LogP contribution >= 0.6 is 11.8 Å². The van der Waals surface area contributed by atoms with E-state index in [2.05, 4.69) is 22.4 Å². The molecule has 134 valence electrons. The number of carbonyl (C=O) groups excluding carboxylic acids is 2. The van der Waals surface area contributed by atoms with Gasteiger partial charge in [-0.05, 0) is 25.7 Å². The van der Waals surface area contributed by atoms with Gasteiger partial charge >= 0.3 is 0 Å². The first kappa shape index (κ1) is 18.8. The number of aromatic nitrogens is 3. The maximum atomic E-state index is 12.2. The largest absolute Gasteiger partial charge is 0.370 e. The number of hydrogen-bond acceptors (Lipinski definition) is 5. The van der Waals surface area contributed by atoms with Gasteiger partial charge in [0.25, 0.3) is 0 Å². The summed E-state index contributed by atoms with van der Waals surface area (Å²) >= 11 is 1.39. The summed E-state index contributed by atoms with van der Waals surface area (Å²) in [6, 6.07) is 0.294. The first-order chi connectivity index (χ1) is 11.5. The molecule has 3 N–H and O–H groups in total. The van der Waals surface area contributed by atoms with E-state index in [-0.39, 0.29) is 18.2 Å². The third kappa shape index (κ3) is 5.22. The molecule has 1 aliphatic rings. The van der Waals surface area contributed by atoms with Crippen molar-refractivity contribution in [2.45, 2.75) is 70.1 Å². The highest BCUT2D eigenvalue weighted by molar-refractivity contribution is 7.99. The van der Waals surface area contributed by atoms with Crippen molar-refractivity contribution >= 4 is 23.6 Å². The van der Waals surface area contributed by atoms with E-state index in [4.69, 9.17) is 5.73 Å². The van der Waals surface area contributed by atoms with Gasteiger partial charge in [-0.3, -0.25) is 9.59 Å². The highest BCUT2D eigenvalue weighted by atomic mass is 32.2. The van der Waals surface area contributed by atoms with E-state index in [0.717, 1.165) is 12.2 Å². The molecular weight excluding hydrogens is 326 g/mol. The van der Waals surface area contributed by atoms with Crippen molar-refractivity contribution in [3.63, 3.8) is 0 Å². The molecule has 0 saturated heterocycles. The normalized spacial score (nSPS) is 20.8. The molecular formula is C16H27N5O2S. The van der Waals surface area contributed by atoms with E-state index >= 15 is 0 Å². The van der Waals surface area contributed by atoms with Crippen LogP contribution in [0, 0.1) is 5.92 Å². The Morgan fingerprint density at radius 3 is 2.75 bits per heavy atom. The van der Waals surface area contributed by atoms with Crippen molar-refractivity contribution in [2.75, 3.05) is 5.75 Å². The summed E-state index contributed by atoms with van der Waals surface area (Å²) in [6.07, 6.45) is 5.43. The maximum absolute atomic E-state index is 12.2. The summed E-state index contributed by atoms with van der Waals surface area (Å²) in [5.74, 6) is 1.31. The number of nitrogens with zero attached hydrogens (tertiary/aromatic N) is 3. The third-order valence-electron chi connectivity index (χ3n) is 4.49. The van der Waals surface area contributed by atoms with Crippen LogP contribution in [0.25, 0.3) is 0 Å². The second kappa shape index (κ2) is 9.05. The number of aryl methyl sites for hydroxylation is 1. The minimum Gasteiger partial charge on any atom is -0.370 e. The number of thioether (sulfide) groups is 1. The van der Waals surface area contributed by atoms with Crippen molar-refractivity contribution in [2.24, 2.45) is 11.7 Å². The Balaban J connectivity index is 1.86. The van der Waals surface area contributed by atoms with E-state index < -0.39 is 0 Å². The number of amides is 2. The molecule has 0 unspecified atom stereocenters. The fourth-order valence-electron chi connectivity index (χ4n) is 3.07. The van der Waals surface area contributed by atoms with E-state index in [1.807, 2.05) is 11.5 Å². The van der Waals surface area contributed by atoms with Crippen LogP contribution in [0.1, 0.15) is 51.8 Å². The molecule has 0 aliphatic heterocycles. The predicted octanol–water partition coefficient (Wildman–Crippen LogP) is 1.50. The summed E-state index contributed by atoms with van der Waals surface area (Å²) in [7, 11) is 0. The second-order valence-electron chi connectivity index (χ2n) is 6.33. The van der Waals surface area contributed by atoms with E-state index in [9.17, 15) is 9.59 Å². The van der Waals surface area contributed by atoms with Gasteiger partial charge in [-0.15, -0.1) is 10.2 Å². The van der Waals surface area contributed by atoms with Crippen molar-refractivity contribution in [3.05, 3.63) is 5.82 Å². The Labute approximate surface area is 147 Å². The number of primary amides is 1. The molecule has 2 atom stereocenters. The Morgan fingerprint density at radius 2 is 2.08 bits per heavy atom. The van der Waals surface area contributed by atoms with Crippen LogP contribution in [-0.2, 0) is 22.6 Å². The first-order valence-corrected chi connectivity index (χ1v) is 9.62. The topological polar surface area (TPSA) is 103 Å². The van der Waals surface area contributed by atoms with Gasteiger partial charge in [0.05, 0.1) is 5.75 Å². The van der Waals surface area contributed by atoms with E-state index in [0.29, 0.717) is 35.8 Å². The van der Waals surface area contributed by atoms with Gasteiger partial charge in [0.15, 0.2) is 5.16 Å². The molecule has 1 heterocycles. The monoisotopic (exact) mass is 353 g/mol. The number of carbonyl (C=O) groups is 2. The molecule has 2 amide bonds.